The molecule has 0 unspecified atom stereocenters. The molecule has 0 aliphatic rings. The lowest BCUT2D eigenvalue weighted by Crippen LogP contribution is -2.11. The van der Waals surface area contributed by atoms with Gasteiger partial charge in [0.2, 0.25) is 0 Å². The molecule has 2 heterocycles. The molecular formula is C104H68N4O8. The number of aromatic carboxylic acids is 4. The van der Waals surface area contributed by atoms with Crippen LogP contribution in [0.1, 0.15) is 41.4 Å². The molecule has 20 aromatic rings. The smallest absolute Gasteiger partial charge is 0.335 e. The van der Waals surface area contributed by atoms with E-state index in [1.807, 2.05) is 121 Å². The van der Waals surface area contributed by atoms with Crippen LogP contribution in [0.25, 0.3) is 143 Å². The normalized spacial score (nSPS) is 11.4. The lowest BCUT2D eigenvalue weighted by atomic mass is 9.84. The number of carboxylic acids is 4. The van der Waals surface area contributed by atoms with Crippen molar-refractivity contribution in [2.75, 3.05) is 9.80 Å². The number of benzene rings is 18. The summed E-state index contributed by atoms with van der Waals surface area (Å²) in [5.74, 6) is -3.92. The van der Waals surface area contributed by atoms with Crippen molar-refractivity contribution in [1.29, 1.82) is 0 Å². The quantitative estimate of drug-likeness (QED) is 0.0684. The van der Waals surface area contributed by atoms with Crippen molar-refractivity contribution in [3.63, 3.8) is 0 Å². The number of fused-ring (bicyclic) bond motifs is 10. The Morgan fingerprint density at radius 2 is 0.491 bits per heavy atom. The molecule has 0 fully saturated rings. The van der Waals surface area contributed by atoms with E-state index in [1.165, 1.54) is 0 Å². The van der Waals surface area contributed by atoms with Gasteiger partial charge in [-0.15, -0.1) is 0 Å². The van der Waals surface area contributed by atoms with Crippen molar-refractivity contribution >= 4 is 145 Å². The van der Waals surface area contributed by atoms with Gasteiger partial charge in [0.05, 0.1) is 50.0 Å². The summed E-state index contributed by atoms with van der Waals surface area (Å²) in [5.41, 5.74) is 20.7. The van der Waals surface area contributed by atoms with Gasteiger partial charge in [0.25, 0.3) is 0 Å². The highest BCUT2D eigenvalue weighted by Crippen LogP contribution is 2.52. The maximum atomic E-state index is 12.0. The number of hydrogen-bond donors (Lipinski definition) is 4. The molecule has 0 saturated heterocycles. The standard InChI is InChI=1S/2C52H34N2O4/c55-51(56)35-26-22-33(23-27-35)48-41-17-7-8-18-42(41)49(34-24-28-36(29-25-34)52(57)58)50-43(48)19-11-21-47(50)53(37-12-3-1-4-13-37)39-30-31-46-44(32-39)40-16-9-10-20-45(40)54(46)38-14-5-2-6-15-38;55-51(56)35-23-19-33(20-24-35)49-42-16-7-8-17-43(42)50(34-21-25-36(26-22-34)52(57)58)46-32-39(27-29-44(46)49)53(37-11-3-1-4-12-37)40-28-30-48-45(31-40)41-15-9-10-18-47(41)54(48)38-13-5-2-6-14-38/h2*1-32H,(H,55,56)(H,57,58). The second-order valence-corrected chi connectivity index (χ2v) is 28.7. The second kappa shape index (κ2) is 29.4. The molecule has 18 aromatic carbocycles. The van der Waals surface area contributed by atoms with Gasteiger partial charge in [0.1, 0.15) is 0 Å². The van der Waals surface area contributed by atoms with Crippen LogP contribution in [0.3, 0.4) is 0 Å². The minimum Gasteiger partial charge on any atom is -0.478 e. The Hall–Kier alpha value is -15.9. The van der Waals surface area contributed by atoms with E-state index in [-0.39, 0.29) is 22.3 Å². The van der Waals surface area contributed by atoms with E-state index >= 15 is 0 Å². The first-order chi connectivity index (χ1) is 56.9. The number of hydrogen-bond acceptors (Lipinski definition) is 6. The third-order valence-electron chi connectivity index (χ3n) is 22.1. The minimum absolute atomic E-state index is 0.210. The Morgan fingerprint density at radius 1 is 0.207 bits per heavy atom. The molecule has 0 aliphatic heterocycles. The topological polar surface area (TPSA) is 166 Å². The predicted octanol–water partition coefficient (Wildman–Crippen LogP) is 26.6. The molecule has 4 N–H and O–H groups in total. The molecule has 12 nitrogen and oxygen atoms in total. The maximum Gasteiger partial charge on any atom is 0.335 e. The van der Waals surface area contributed by atoms with Gasteiger partial charge >= 0.3 is 23.9 Å². The van der Waals surface area contributed by atoms with Crippen LogP contribution < -0.4 is 9.80 Å². The molecule has 12 heteroatoms. The van der Waals surface area contributed by atoms with Gasteiger partial charge < -0.3 is 39.4 Å². The summed E-state index contributed by atoms with van der Waals surface area (Å²) in [6.07, 6.45) is 0. The summed E-state index contributed by atoms with van der Waals surface area (Å²) < 4.78 is 4.63. The van der Waals surface area contributed by atoms with E-state index in [2.05, 4.69) is 237 Å². The highest BCUT2D eigenvalue weighted by atomic mass is 16.4. The molecule has 0 aliphatic carbocycles. The van der Waals surface area contributed by atoms with E-state index in [0.29, 0.717) is 0 Å². The summed E-state index contributed by atoms with van der Waals surface area (Å²) in [4.78, 5) is 52.3. The van der Waals surface area contributed by atoms with E-state index < -0.39 is 23.9 Å². The van der Waals surface area contributed by atoms with Gasteiger partial charge in [-0.3, -0.25) is 0 Å². The van der Waals surface area contributed by atoms with Crippen LogP contribution in [-0.4, -0.2) is 53.4 Å². The number of carbonyl (C=O) groups is 4. The van der Waals surface area contributed by atoms with E-state index in [1.54, 1.807) is 48.5 Å². The van der Waals surface area contributed by atoms with Crippen molar-refractivity contribution in [2.24, 2.45) is 0 Å². The summed E-state index contributed by atoms with van der Waals surface area (Å²) in [5, 5.41) is 51.5. The number of anilines is 6. The second-order valence-electron chi connectivity index (χ2n) is 28.7. The van der Waals surface area contributed by atoms with Gasteiger partial charge in [0.15, 0.2) is 0 Å². The third-order valence-corrected chi connectivity index (χ3v) is 22.1. The van der Waals surface area contributed by atoms with Crippen LogP contribution in [0.4, 0.5) is 34.1 Å². The minimum atomic E-state index is -0.985. The fourth-order valence-corrected chi connectivity index (χ4v) is 17.0. The van der Waals surface area contributed by atoms with Crippen LogP contribution in [0.5, 0.6) is 0 Å². The van der Waals surface area contributed by atoms with Crippen LogP contribution in [0.2, 0.25) is 0 Å². The summed E-state index contributed by atoms with van der Waals surface area (Å²) in [6, 6.07) is 129. The number of carboxylic acid groups (broad SMARTS) is 4. The van der Waals surface area contributed by atoms with E-state index in [4.69, 9.17) is 0 Å². The Bertz CT molecular complexity index is 7220. The summed E-state index contributed by atoms with van der Waals surface area (Å²) in [7, 11) is 0. The van der Waals surface area contributed by atoms with Crippen molar-refractivity contribution < 1.29 is 39.6 Å². The Morgan fingerprint density at radius 3 is 0.897 bits per heavy atom. The Kier molecular flexibility index (Phi) is 17.9. The van der Waals surface area contributed by atoms with Gasteiger partial charge in [-0.1, -0.05) is 224 Å². The van der Waals surface area contributed by atoms with Crippen LogP contribution in [0, 0.1) is 0 Å². The maximum absolute atomic E-state index is 12.0. The molecule has 116 heavy (non-hydrogen) atoms. The van der Waals surface area contributed by atoms with E-state index in [0.717, 1.165) is 177 Å². The predicted molar refractivity (Wildman–Crippen MR) is 471 cm³/mol. The average molecular weight is 1500 g/mol. The van der Waals surface area contributed by atoms with Crippen molar-refractivity contribution in [3.05, 3.63) is 411 Å². The SMILES string of the molecule is O=C(O)c1ccc(-c2c3ccccc3c(-c3ccc(C(=O)O)cc3)c3c(N(c4ccccc4)c4ccc5c(c4)c4ccccc4n5-c4ccccc4)cccc23)cc1.O=C(O)c1ccc(-c2c3ccccc3c(-c3ccc(C(=O)O)cc3)c3cc(N(c4ccccc4)c4ccc5c(c4)c4ccccc4n5-c4ccccc4)ccc23)cc1. The molecule has 0 spiro atoms. The molecule has 2 aromatic heterocycles. The zero-order valence-electron chi connectivity index (χ0n) is 62.2. The van der Waals surface area contributed by atoms with E-state index in [9.17, 15) is 39.6 Å². The van der Waals surface area contributed by atoms with Gasteiger partial charge in [-0.05, 0) is 246 Å². The lowest BCUT2D eigenvalue weighted by Gasteiger charge is -2.29. The van der Waals surface area contributed by atoms with Crippen molar-refractivity contribution in [2.45, 2.75) is 0 Å². The molecule has 0 amide bonds. The number of para-hydroxylation sites is 6. The van der Waals surface area contributed by atoms with Crippen molar-refractivity contribution in [1.82, 2.24) is 9.13 Å². The molecule has 552 valence electrons. The number of aromatic nitrogens is 2. The fraction of sp³-hybridized carbons (Fsp3) is 0. The monoisotopic (exact) mass is 1500 g/mol. The average Bonchev–Trinajstić information content (AvgIpc) is 1.01. The highest BCUT2D eigenvalue weighted by Gasteiger charge is 2.27. The molecule has 0 atom stereocenters. The number of nitrogens with zero attached hydrogens (tertiary/aromatic N) is 4. The fourth-order valence-electron chi connectivity index (χ4n) is 17.0. The third kappa shape index (κ3) is 12.4. The van der Waals surface area contributed by atoms with Gasteiger partial charge in [-0.2, -0.15) is 0 Å². The molecule has 0 radical (unpaired) electrons. The first-order valence-electron chi connectivity index (χ1n) is 38.1. The lowest BCUT2D eigenvalue weighted by molar-refractivity contribution is 0.0686. The molecule has 0 bridgehead atoms. The molecular weight excluding hydrogens is 1430 g/mol. The molecule has 0 saturated carbocycles. The van der Waals surface area contributed by atoms with Gasteiger partial charge in [0, 0.05) is 66.7 Å². The van der Waals surface area contributed by atoms with Crippen LogP contribution in [0.15, 0.2) is 388 Å². The Balaban J connectivity index is 0.000000155. The zero-order valence-corrected chi connectivity index (χ0v) is 62.2. The Labute approximate surface area is 665 Å². The van der Waals surface area contributed by atoms with Gasteiger partial charge in [-0.25, -0.2) is 19.2 Å². The highest BCUT2D eigenvalue weighted by molar-refractivity contribution is 6.26. The molecule has 20 rings (SSSR count). The number of rotatable bonds is 16. The first kappa shape index (κ1) is 70.5. The first-order valence-corrected chi connectivity index (χ1v) is 38.1. The largest absolute Gasteiger partial charge is 0.478 e. The summed E-state index contributed by atoms with van der Waals surface area (Å²) >= 11 is 0. The van der Waals surface area contributed by atoms with Crippen LogP contribution in [-0.2, 0) is 0 Å². The summed E-state index contributed by atoms with van der Waals surface area (Å²) in [6.45, 7) is 0. The van der Waals surface area contributed by atoms with Crippen molar-refractivity contribution in [3.8, 4) is 55.9 Å². The van der Waals surface area contributed by atoms with Crippen LogP contribution >= 0.6 is 0 Å². The zero-order chi connectivity index (χ0) is 78.7.